The fourth-order valence-corrected chi connectivity index (χ4v) is 2.34. The maximum atomic E-state index is 12.3. The van der Waals surface area contributed by atoms with Crippen molar-refractivity contribution < 1.29 is 17.9 Å². The van der Waals surface area contributed by atoms with Crippen molar-refractivity contribution in [3.8, 4) is 17.0 Å². The van der Waals surface area contributed by atoms with Crippen LogP contribution >= 0.6 is 0 Å². The van der Waals surface area contributed by atoms with Gasteiger partial charge >= 0.3 is 6.18 Å². The molecule has 3 rings (SSSR count). The van der Waals surface area contributed by atoms with Crippen molar-refractivity contribution in [1.82, 2.24) is 10.3 Å². The Morgan fingerprint density at radius 1 is 1.14 bits per heavy atom. The largest absolute Gasteiger partial charge is 0.468 e. The summed E-state index contributed by atoms with van der Waals surface area (Å²) in [7, 11) is 0. The second kappa shape index (κ2) is 5.37. The zero-order valence-corrected chi connectivity index (χ0v) is 11.1. The van der Waals surface area contributed by atoms with Gasteiger partial charge in [0, 0.05) is 24.8 Å². The minimum absolute atomic E-state index is 0.000677. The van der Waals surface area contributed by atoms with Crippen LogP contribution in [0.25, 0.3) is 11.1 Å². The molecule has 6 heteroatoms. The first-order valence-electron chi connectivity index (χ1n) is 6.50. The van der Waals surface area contributed by atoms with Crippen molar-refractivity contribution >= 4 is 0 Å². The highest BCUT2D eigenvalue weighted by Gasteiger charge is 2.29. The third-order valence-electron chi connectivity index (χ3n) is 3.29. The summed E-state index contributed by atoms with van der Waals surface area (Å²) in [6.07, 6.45) is -2.96. The number of ether oxygens (including phenoxy) is 1. The molecule has 2 heterocycles. The van der Waals surface area contributed by atoms with E-state index >= 15 is 0 Å². The smallest absolute Gasteiger partial charge is 0.422 e. The minimum atomic E-state index is -4.38. The lowest BCUT2D eigenvalue weighted by Gasteiger charge is -2.12. The van der Waals surface area contributed by atoms with Gasteiger partial charge in [0.2, 0.25) is 5.88 Å². The molecule has 0 atom stereocenters. The van der Waals surface area contributed by atoms with Crippen LogP contribution in [0.1, 0.15) is 11.1 Å². The van der Waals surface area contributed by atoms with Crippen molar-refractivity contribution in [2.24, 2.45) is 0 Å². The fraction of sp³-hybridized carbons (Fsp3) is 0.267. The van der Waals surface area contributed by atoms with Gasteiger partial charge in [-0.25, -0.2) is 4.98 Å². The third-order valence-corrected chi connectivity index (χ3v) is 3.29. The first kappa shape index (κ1) is 13.9. The Hall–Kier alpha value is -2.08. The summed E-state index contributed by atoms with van der Waals surface area (Å²) in [5.41, 5.74) is 3.73. The van der Waals surface area contributed by atoms with Crippen molar-refractivity contribution in [2.45, 2.75) is 19.3 Å². The number of pyridine rings is 1. The van der Waals surface area contributed by atoms with E-state index in [-0.39, 0.29) is 5.88 Å². The van der Waals surface area contributed by atoms with Crippen LogP contribution < -0.4 is 10.1 Å². The quantitative estimate of drug-likeness (QED) is 0.943. The van der Waals surface area contributed by atoms with E-state index in [4.69, 9.17) is 4.74 Å². The number of rotatable bonds is 3. The third kappa shape index (κ3) is 3.16. The molecule has 0 unspecified atom stereocenters. The second-order valence-electron chi connectivity index (χ2n) is 4.85. The Balaban J connectivity index is 1.91. The molecule has 0 bridgehead atoms. The molecule has 2 aromatic rings. The zero-order valence-electron chi connectivity index (χ0n) is 11.1. The standard InChI is InChI=1S/C15H13F3N2O/c16-15(17,18)9-21-14-13(2-1-5-20-14)10-3-4-11-7-19-8-12(11)6-10/h1-6,19H,7-9H2. The van der Waals surface area contributed by atoms with Crippen LogP contribution in [0.5, 0.6) is 5.88 Å². The molecule has 0 saturated heterocycles. The Labute approximate surface area is 119 Å². The number of hydrogen-bond donors (Lipinski definition) is 1. The number of nitrogens with zero attached hydrogens (tertiary/aromatic N) is 1. The van der Waals surface area contributed by atoms with Crippen molar-refractivity contribution in [3.05, 3.63) is 47.7 Å². The van der Waals surface area contributed by atoms with Crippen LogP contribution in [-0.2, 0) is 13.1 Å². The van der Waals surface area contributed by atoms with Crippen molar-refractivity contribution in [2.75, 3.05) is 6.61 Å². The summed E-state index contributed by atoms with van der Waals surface area (Å²) >= 11 is 0. The van der Waals surface area contributed by atoms with Gasteiger partial charge in [-0.15, -0.1) is 0 Å². The number of alkyl halides is 3. The van der Waals surface area contributed by atoms with Gasteiger partial charge in [0.25, 0.3) is 0 Å². The molecule has 110 valence electrons. The number of halogens is 3. The van der Waals surface area contributed by atoms with Gasteiger partial charge in [-0.05, 0) is 34.9 Å². The predicted molar refractivity (Wildman–Crippen MR) is 71.8 cm³/mol. The molecule has 1 aromatic heterocycles. The maximum Gasteiger partial charge on any atom is 0.422 e. The van der Waals surface area contributed by atoms with Crippen LogP contribution in [0.2, 0.25) is 0 Å². The molecule has 1 N–H and O–H groups in total. The zero-order chi connectivity index (χ0) is 14.9. The number of hydrogen-bond acceptors (Lipinski definition) is 3. The summed E-state index contributed by atoms with van der Waals surface area (Å²) in [6.45, 7) is 0.242. The Morgan fingerprint density at radius 3 is 2.76 bits per heavy atom. The van der Waals surface area contributed by atoms with Gasteiger partial charge < -0.3 is 10.1 Å². The molecule has 21 heavy (non-hydrogen) atoms. The van der Waals surface area contributed by atoms with Gasteiger partial charge in [-0.2, -0.15) is 13.2 Å². The van der Waals surface area contributed by atoms with E-state index in [1.54, 1.807) is 12.1 Å². The number of fused-ring (bicyclic) bond motifs is 1. The van der Waals surface area contributed by atoms with Gasteiger partial charge in [-0.1, -0.05) is 12.1 Å². The Kier molecular flexibility index (Phi) is 3.55. The summed E-state index contributed by atoms with van der Waals surface area (Å²) in [5.74, 6) is 0.000677. The summed E-state index contributed by atoms with van der Waals surface area (Å²) < 4.78 is 41.7. The van der Waals surface area contributed by atoms with Crippen LogP contribution in [-0.4, -0.2) is 17.8 Å². The lowest BCUT2D eigenvalue weighted by atomic mass is 10.0. The van der Waals surface area contributed by atoms with Crippen LogP contribution in [0, 0.1) is 0 Å². The number of aromatic nitrogens is 1. The van der Waals surface area contributed by atoms with E-state index in [2.05, 4.69) is 10.3 Å². The van der Waals surface area contributed by atoms with E-state index in [1.165, 1.54) is 11.8 Å². The lowest BCUT2D eigenvalue weighted by Crippen LogP contribution is -2.19. The molecule has 3 nitrogen and oxygen atoms in total. The van der Waals surface area contributed by atoms with Gasteiger partial charge in [-0.3, -0.25) is 0 Å². The van der Waals surface area contributed by atoms with Gasteiger partial charge in [0.1, 0.15) is 0 Å². The molecule has 1 aliphatic heterocycles. The molecule has 0 fully saturated rings. The second-order valence-corrected chi connectivity index (χ2v) is 4.85. The van der Waals surface area contributed by atoms with Crippen LogP contribution in [0.15, 0.2) is 36.5 Å². The Morgan fingerprint density at radius 2 is 1.95 bits per heavy atom. The van der Waals surface area contributed by atoms with Crippen molar-refractivity contribution in [1.29, 1.82) is 0 Å². The summed E-state index contributed by atoms with van der Waals surface area (Å²) in [4.78, 5) is 3.91. The average Bonchev–Trinajstić information content (AvgIpc) is 2.92. The van der Waals surface area contributed by atoms with Gasteiger partial charge in [0.15, 0.2) is 6.61 Å². The van der Waals surface area contributed by atoms with Crippen LogP contribution in [0.3, 0.4) is 0 Å². The summed E-state index contributed by atoms with van der Waals surface area (Å²) in [5, 5.41) is 3.23. The highest BCUT2D eigenvalue weighted by Crippen LogP contribution is 2.31. The fourth-order valence-electron chi connectivity index (χ4n) is 2.34. The molecule has 0 saturated carbocycles. The number of nitrogens with one attached hydrogen (secondary N) is 1. The molecule has 1 aliphatic rings. The highest BCUT2D eigenvalue weighted by atomic mass is 19.4. The SMILES string of the molecule is FC(F)(F)COc1ncccc1-c1ccc2c(c1)CNC2. The van der Waals surface area contributed by atoms with E-state index in [0.29, 0.717) is 5.56 Å². The molecule has 0 radical (unpaired) electrons. The molecule has 0 spiro atoms. The van der Waals surface area contributed by atoms with Crippen molar-refractivity contribution in [3.63, 3.8) is 0 Å². The molecule has 0 amide bonds. The van der Waals surface area contributed by atoms with E-state index in [1.807, 2.05) is 18.2 Å². The van der Waals surface area contributed by atoms with E-state index in [0.717, 1.165) is 24.2 Å². The maximum absolute atomic E-state index is 12.3. The first-order valence-corrected chi connectivity index (χ1v) is 6.50. The first-order chi connectivity index (χ1) is 10.0. The normalized spacial score (nSPS) is 14.0. The predicted octanol–water partition coefficient (Wildman–Crippen LogP) is 3.29. The van der Waals surface area contributed by atoms with Gasteiger partial charge in [0.05, 0.1) is 0 Å². The Bertz CT molecular complexity index is 656. The number of benzene rings is 1. The topological polar surface area (TPSA) is 34.1 Å². The minimum Gasteiger partial charge on any atom is -0.468 e. The molecular weight excluding hydrogens is 281 g/mol. The average molecular weight is 294 g/mol. The van der Waals surface area contributed by atoms with E-state index in [9.17, 15) is 13.2 Å². The van der Waals surface area contributed by atoms with Crippen LogP contribution in [0.4, 0.5) is 13.2 Å². The molecule has 1 aromatic carbocycles. The van der Waals surface area contributed by atoms with E-state index < -0.39 is 12.8 Å². The molecular formula is C15H13F3N2O. The molecule has 0 aliphatic carbocycles. The highest BCUT2D eigenvalue weighted by molar-refractivity contribution is 5.69. The monoisotopic (exact) mass is 294 g/mol. The summed E-state index contributed by atoms with van der Waals surface area (Å²) in [6, 6.07) is 9.21. The lowest BCUT2D eigenvalue weighted by molar-refractivity contribution is -0.154.